The van der Waals surface area contributed by atoms with Crippen LogP contribution in [0.25, 0.3) is 32.6 Å². The van der Waals surface area contributed by atoms with Crippen LogP contribution in [0.5, 0.6) is 0 Å². The number of halogens is 1. The van der Waals surface area contributed by atoms with Gasteiger partial charge in [0.25, 0.3) is 5.56 Å². The van der Waals surface area contributed by atoms with E-state index >= 15 is 0 Å². The highest BCUT2D eigenvalue weighted by atomic mass is 19.1. The summed E-state index contributed by atoms with van der Waals surface area (Å²) in [6.45, 7) is 6.31. The smallest absolute Gasteiger partial charge is 0.256 e. The molecule has 4 aromatic rings. The summed E-state index contributed by atoms with van der Waals surface area (Å²) in [6, 6.07) is 6.42. The van der Waals surface area contributed by atoms with Crippen LogP contribution in [0, 0.1) is 5.82 Å². The van der Waals surface area contributed by atoms with Crippen molar-refractivity contribution in [1.29, 1.82) is 0 Å². The van der Waals surface area contributed by atoms with Crippen LogP contribution in [-0.2, 0) is 12.5 Å². The van der Waals surface area contributed by atoms with E-state index in [2.05, 4.69) is 30.3 Å². The number of benzene rings is 2. The molecule has 2 aromatic carbocycles. The molecule has 0 fully saturated rings. The Hall–Kier alpha value is -2.69. The molecule has 0 aliphatic heterocycles. The zero-order valence-corrected chi connectivity index (χ0v) is 14.1. The lowest BCUT2D eigenvalue weighted by atomic mass is 9.96. The number of hydrogen-bond donors (Lipinski definition) is 1. The van der Waals surface area contributed by atoms with Crippen molar-refractivity contribution in [2.24, 2.45) is 7.05 Å². The van der Waals surface area contributed by atoms with E-state index in [1.165, 1.54) is 12.1 Å². The molecule has 0 saturated heterocycles. The van der Waals surface area contributed by atoms with Crippen LogP contribution in [0.4, 0.5) is 4.39 Å². The Morgan fingerprint density at radius 1 is 1.12 bits per heavy atom. The number of fused-ring (bicyclic) bond motifs is 6. The first-order chi connectivity index (χ1) is 11.3. The minimum Gasteiger partial charge on any atom is -0.330 e. The zero-order chi connectivity index (χ0) is 17.2. The van der Waals surface area contributed by atoms with Crippen molar-refractivity contribution in [1.82, 2.24) is 14.5 Å². The first kappa shape index (κ1) is 14.9. The highest BCUT2D eigenvalue weighted by Crippen LogP contribution is 2.35. The maximum absolute atomic E-state index is 13.9. The second-order valence-corrected chi connectivity index (χ2v) is 7.23. The Balaban J connectivity index is 2.39. The number of aromatic amines is 1. The second kappa shape index (κ2) is 4.66. The Labute approximate surface area is 137 Å². The van der Waals surface area contributed by atoms with Crippen LogP contribution in [-0.4, -0.2) is 14.5 Å². The SMILES string of the molecule is Cn1c(C(C)(C)C)nc2c3cc[nH]c(=O)c3c3cc(F)ccc3c21. The molecule has 0 saturated carbocycles. The summed E-state index contributed by atoms with van der Waals surface area (Å²) in [4.78, 5) is 20.0. The number of rotatable bonds is 0. The van der Waals surface area contributed by atoms with E-state index < -0.39 is 0 Å². The summed E-state index contributed by atoms with van der Waals surface area (Å²) in [6.07, 6.45) is 1.61. The number of nitrogens with one attached hydrogen (secondary N) is 1. The Bertz CT molecular complexity index is 1180. The topological polar surface area (TPSA) is 50.7 Å². The first-order valence-electron chi connectivity index (χ1n) is 7.88. The Kier molecular flexibility index (Phi) is 2.89. The second-order valence-electron chi connectivity index (χ2n) is 7.23. The summed E-state index contributed by atoms with van der Waals surface area (Å²) >= 11 is 0. The monoisotopic (exact) mass is 323 g/mol. The number of nitrogens with zero attached hydrogens (tertiary/aromatic N) is 2. The van der Waals surface area contributed by atoms with Crippen molar-refractivity contribution in [3.8, 4) is 0 Å². The van der Waals surface area contributed by atoms with Gasteiger partial charge in [-0.1, -0.05) is 20.8 Å². The molecule has 4 rings (SSSR count). The lowest BCUT2D eigenvalue weighted by Crippen LogP contribution is -2.17. The van der Waals surface area contributed by atoms with Crippen LogP contribution in [0.2, 0.25) is 0 Å². The molecule has 2 heterocycles. The maximum atomic E-state index is 13.9. The predicted molar refractivity (Wildman–Crippen MR) is 95.0 cm³/mol. The van der Waals surface area contributed by atoms with Crippen molar-refractivity contribution in [3.05, 3.63) is 52.5 Å². The summed E-state index contributed by atoms with van der Waals surface area (Å²) in [7, 11) is 1.97. The molecule has 0 aliphatic rings. The van der Waals surface area contributed by atoms with Crippen LogP contribution in [0.3, 0.4) is 0 Å². The van der Waals surface area contributed by atoms with Crippen molar-refractivity contribution >= 4 is 32.6 Å². The highest BCUT2D eigenvalue weighted by Gasteiger charge is 2.24. The number of hydrogen-bond acceptors (Lipinski definition) is 2. The number of aromatic nitrogens is 3. The molecule has 0 spiro atoms. The van der Waals surface area contributed by atoms with Gasteiger partial charge in [0.1, 0.15) is 11.6 Å². The number of H-pyrrole nitrogens is 1. The molecule has 0 unspecified atom stereocenters. The summed E-state index contributed by atoms with van der Waals surface area (Å²) < 4.78 is 15.9. The minimum atomic E-state index is -0.357. The van der Waals surface area contributed by atoms with E-state index in [1.807, 2.05) is 13.1 Å². The van der Waals surface area contributed by atoms with Gasteiger partial charge >= 0.3 is 0 Å². The van der Waals surface area contributed by atoms with Gasteiger partial charge in [0.15, 0.2) is 0 Å². The molecule has 122 valence electrons. The standard InChI is InChI=1S/C19H18FN3O/c1-19(2,3)18-22-15-12-7-8-21-17(24)14(12)13-9-10(20)5-6-11(13)16(15)23(18)4/h5-9H,1-4H3,(H,21,24). The quantitative estimate of drug-likeness (QED) is 0.497. The van der Waals surface area contributed by atoms with Crippen LogP contribution >= 0.6 is 0 Å². The summed E-state index contributed by atoms with van der Waals surface area (Å²) in [5, 5.41) is 2.68. The molecule has 0 amide bonds. The predicted octanol–water partition coefficient (Wildman–Crippen LogP) is 4.00. The summed E-state index contributed by atoms with van der Waals surface area (Å²) in [5.41, 5.74) is 1.33. The fourth-order valence-corrected chi connectivity index (χ4v) is 3.54. The van der Waals surface area contributed by atoms with Crippen molar-refractivity contribution in [3.63, 3.8) is 0 Å². The van der Waals surface area contributed by atoms with E-state index in [0.717, 1.165) is 27.6 Å². The normalized spacial score (nSPS) is 12.5. The maximum Gasteiger partial charge on any atom is 0.256 e. The van der Waals surface area contributed by atoms with Crippen molar-refractivity contribution < 1.29 is 4.39 Å². The van der Waals surface area contributed by atoms with Gasteiger partial charge in [0, 0.05) is 34.8 Å². The van der Waals surface area contributed by atoms with Crippen molar-refractivity contribution in [2.75, 3.05) is 0 Å². The molecule has 24 heavy (non-hydrogen) atoms. The zero-order valence-electron chi connectivity index (χ0n) is 14.1. The molecular weight excluding hydrogens is 305 g/mol. The molecule has 1 N–H and O–H groups in total. The van der Waals surface area contributed by atoms with Gasteiger partial charge < -0.3 is 9.55 Å². The molecule has 0 atom stereocenters. The van der Waals surface area contributed by atoms with Gasteiger partial charge in [0.05, 0.1) is 16.4 Å². The van der Waals surface area contributed by atoms with E-state index in [4.69, 9.17) is 4.98 Å². The average Bonchev–Trinajstić information content (AvgIpc) is 2.85. The third-order valence-corrected chi connectivity index (χ3v) is 4.49. The average molecular weight is 323 g/mol. The fraction of sp³-hybridized carbons (Fsp3) is 0.263. The van der Waals surface area contributed by atoms with Crippen LogP contribution in [0.15, 0.2) is 35.3 Å². The van der Waals surface area contributed by atoms with Gasteiger partial charge in [0.2, 0.25) is 0 Å². The number of imidazole rings is 1. The van der Waals surface area contributed by atoms with Crippen LogP contribution in [0.1, 0.15) is 26.6 Å². The largest absolute Gasteiger partial charge is 0.330 e. The van der Waals surface area contributed by atoms with E-state index in [9.17, 15) is 9.18 Å². The third kappa shape index (κ3) is 1.90. The molecule has 5 heteroatoms. The molecule has 0 radical (unpaired) electrons. The number of pyridine rings is 1. The summed E-state index contributed by atoms with van der Waals surface area (Å²) in [5.74, 6) is 0.570. The van der Waals surface area contributed by atoms with Gasteiger partial charge in [-0.3, -0.25) is 4.79 Å². The lowest BCUT2D eigenvalue weighted by Gasteiger charge is -2.17. The third-order valence-electron chi connectivity index (χ3n) is 4.49. The van der Waals surface area contributed by atoms with Gasteiger partial charge in [-0.15, -0.1) is 0 Å². The Morgan fingerprint density at radius 3 is 2.58 bits per heavy atom. The first-order valence-corrected chi connectivity index (χ1v) is 7.88. The van der Waals surface area contributed by atoms with Gasteiger partial charge in [-0.05, 0) is 24.3 Å². The molecule has 0 bridgehead atoms. The van der Waals surface area contributed by atoms with E-state index in [-0.39, 0.29) is 16.8 Å². The van der Waals surface area contributed by atoms with Gasteiger partial charge in [-0.25, -0.2) is 9.37 Å². The minimum absolute atomic E-state index is 0.145. The molecular formula is C19H18FN3O. The lowest BCUT2D eigenvalue weighted by molar-refractivity contribution is 0.527. The highest BCUT2D eigenvalue weighted by molar-refractivity contribution is 6.23. The molecule has 2 aromatic heterocycles. The number of aryl methyl sites for hydroxylation is 1. The Morgan fingerprint density at radius 2 is 1.88 bits per heavy atom. The van der Waals surface area contributed by atoms with Gasteiger partial charge in [-0.2, -0.15) is 0 Å². The molecule has 0 aliphatic carbocycles. The van der Waals surface area contributed by atoms with Crippen LogP contribution < -0.4 is 5.56 Å². The van der Waals surface area contributed by atoms with Crippen molar-refractivity contribution in [2.45, 2.75) is 26.2 Å². The van der Waals surface area contributed by atoms with E-state index in [0.29, 0.717) is 10.8 Å². The molecule has 4 nitrogen and oxygen atoms in total. The van der Waals surface area contributed by atoms with E-state index in [1.54, 1.807) is 12.3 Å². The fourth-order valence-electron chi connectivity index (χ4n) is 3.54.